The zero-order chi connectivity index (χ0) is 24.4. The van der Waals surface area contributed by atoms with Crippen LogP contribution in [-0.4, -0.2) is 41.4 Å². The second kappa shape index (κ2) is 13.0. The van der Waals surface area contributed by atoms with Crippen LogP contribution in [0.1, 0.15) is 83.4 Å². The molecule has 2 saturated carbocycles. The van der Waals surface area contributed by atoms with E-state index in [2.05, 4.69) is 15.8 Å². The number of rotatable bonds is 12. The maximum atomic E-state index is 12.9. The summed E-state index contributed by atoms with van der Waals surface area (Å²) in [5, 5.41) is 3.45. The maximum Gasteiger partial charge on any atom is 0.326 e. The molecule has 1 amide bonds. The number of hydrogen-bond donors (Lipinski definition) is 2. The van der Waals surface area contributed by atoms with Gasteiger partial charge in [0.05, 0.1) is 12.3 Å². The fraction of sp³-hybridized carbons (Fsp3) is 0.654. The highest BCUT2D eigenvalue weighted by Gasteiger charge is 2.43. The van der Waals surface area contributed by atoms with Crippen LogP contribution in [0.3, 0.4) is 0 Å². The van der Waals surface area contributed by atoms with E-state index in [4.69, 9.17) is 14.3 Å². The second-order valence-corrected chi connectivity index (χ2v) is 9.75. The highest BCUT2D eigenvalue weighted by Crippen LogP contribution is 2.33. The van der Waals surface area contributed by atoms with E-state index in [1.165, 1.54) is 6.08 Å². The summed E-state index contributed by atoms with van der Waals surface area (Å²) >= 11 is 0. The van der Waals surface area contributed by atoms with Crippen LogP contribution in [0.4, 0.5) is 0 Å². The number of nitrogens with one attached hydrogen (secondary N) is 2. The number of esters is 1. The molecule has 1 unspecified atom stereocenters. The number of ether oxygens (including phenoxy) is 2. The Morgan fingerprint density at radius 1 is 1.15 bits per heavy atom. The van der Waals surface area contributed by atoms with E-state index in [1.54, 1.807) is 19.2 Å². The zero-order valence-electron chi connectivity index (χ0n) is 20.7. The molecule has 34 heavy (non-hydrogen) atoms. The molecule has 8 nitrogen and oxygen atoms in total. The van der Waals surface area contributed by atoms with Crippen molar-refractivity contribution in [1.82, 2.24) is 15.8 Å². The molecule has 2 fully saturated rings. The molecule has 0 aromatic carbocycles. The first-order valence-electron chi connectivity index (χ1n) is 12.5. The summed E-state index contributed by atoms with van der Waals surface area (Å²) in [4.78, 5) is 34.5. The van der Waals surface area contributed by atoms with Gasteiger partial charge in [0, 0.05) is 18.8 Å². The fourth-order valence-electron chi connectivity index (χ4n) is 4.31. The van der Waals surface area contributed by atoms with E-state index >= 15 is 0 Å². The van der Waals surface area contributed by atoms with Crippen LogP contribution in [-0.2, 0) is 30.4 Å². The molecule has 2 aliphatic rings. The van der Waals surface area contributed by atoms with Crippen molar-refractivity contribution in [2.75, 3.05) is 6.61 Å². The monoisotopic (exact) mass is 473 g/mol. The lowest BCUT2D eigenvalue weighted by Crippen LogP contribution is -2.51. The van der Waals surface area contributed by atoms with E-state index in [0.717, 1.165) is 62.6 Å². The van der Waals surface area contributed by atoms with Crippen LogP contribution < -0.4 is 10.8 Å². The van der Waals surface area contributed by atoms with Gasteiger partial charge in [0.15, 0.2) is 6.29 Å². The van der Waals surface area contributed by atoms with Gasteiger partial charge in [0.2, 0.25) is 0 Å². The van der Waals surface area contributed by atoms with Crippen LogP contribution in [0.5, 0.6) is 0 Å². The van der Waals surface area contributed by atoms with Gasteiger partial charge in [-0.15, -0.1) is 0 Å². The van der Waals surface area contributed by atoms with Crippen molar-refractivity contribution in [1.29, 1.82) is 0 Å². The summed E-state index contributed by atoms with van der Waals surface area (Å²) in [6.07, 6.45) is 12.2. The molecule has 0 saturated heterocycles. The number of carbonyl (C=O) groups is 2. The molecule has 0 spiro atoms. The minimum absolute atomic E-state index is 0.0781. The average molecular weight is 474 g/mol. The number of aromatic nitrogens is 1. The topological polar surface area (TPSA) is 98.8 Å². The standard InChI is InChI=1S/C26H39N3O5/c1-19(2)18-32-20(3)34-29-24(30)13-11-21-10-12-22(27-16-21)17-28-26(14-6-7-15-26)25(31)33-23-8-4-5-9-23/h10-13,16,19-20,23,28H,4-9,14-15,17-18H2,1-3H3,(H,29,30). The quantitative estimate of drug-likeness (QED) is 0.204. The molecule has 1 aromatic heterocycles. The number of nitrogens with zero attached hydrogens (tertiary/aromatic N) is 1. The van der Waals surface area contributed by atoms with Crippen molar-refractivity contribution in [3.05, 3.63) is 35.7 Å². The highest BCUT2D eigenvalue weighted by molar-refractivity contribution is 5.90. The lowest BCUT2D eigenvalue weighted by atomic mass is 9.97. The smallest absolute Gasteiger partial charge is 0.326 e. The Kier molecular flexibility index (Phi) is 10.0. The van der Waals surface area contributed by atoms with Crippen molar-refractivity contribution in [2.45, 2.75) is 96.6 Å². The Labute approximate surface area is 202 Å². The van der Waals surface area contributed by atoms with E-state index < -0.39 is 11.8 Å². The first kappa shape index (κ1) is 26.3. The van der Waals surface area contributed by atoms with Gasteiger partial charge in [-0.05, 0) is 69.1 Å². The molecule has 2 N–H and O–H groups in total. The second-order valence-electron chi connectivity index (χ2n) is 9.75. The third-order valence-corrected chi connectivity index (χ3v) is 6.30. The summed E-state index contributed by atoms with van der Waals surface area (Å²) in [6.45, 7) is 6.87. The molecule has 3 rings (SSSR count). The molecular weight excluding hydrogens is 434 g/mol. The molecule has 2 aliphatic carbocycles. The van der Waals surface area contributed by atoms with Gasteiger partial charge in [0.25, 0.3) is 5.91 Å². The molecule has 1 atom stereocenters. The number of hydrogen-bond acceptors (Lipinski definition) is 7. The van der Waals surface area contributed by atoms with Crippen molar-refractivity contribution >= 4 is 18.0 Å². The van der Waals surface area contributed by atoms with Crippen LogP contribution in [0.2, 0.25) is 0 Å². The predicted octanol–water partition coefficient (Wildman–Crippen LogP) is 4.05. The summed E-state index contributed by atoms with van der Waals surface area (Å²) in [5.74, 6) is -0.0925. The molecule has 8 heteroatoms. The Balaban J connectivity index is 1.45. The van der Waals surface area contributed by atoms with Crippen molar-refractivity contribution in [2.24, 2.45) is 5.92 Å². The first-order chi connectivity index (χ1) is 16.4. The van der Waals surface area contributed by atoms with Gasteiger partial charge < -0.3 is 9.47 Å². The predicted molar refractivity (Wildman–Crippen MR) is 129 cm³/mol. The van der Waals surface area contributed by atoms with Gasteiger partial charge in [-0.25, -0.2) is 10.3 Å². The van der Waals surface area contributed by atoms with Gasteiger partial charge in [-0.2, -0.15) is 0 Å². The molecule has 188 valence electrons. The number of amides is 1. The fourth-order valence-corrected chi connectivity index (χ4v) is 4.31. The minimum atomic E-state index is -0.600. The summed E-state index contributed by atoms with van der Waals surface area (Å²) < 4.78 is 11.3. The minimum Gasteiger partial charge on any atom is -0.461 e. The Hall–Kier alpha value is -2.29. The summed E-state index contributed by atoms with van der Waals surface area (Å²) in [5.41, 5.74) is 3.38. The van der Waals surface area contributed by atoms with Crippen LogP contribution in [0, 0.1) is 5.92 Å². The Morgan fingerprint density at radius 2 is 1.88 bits per heavy atom. The number of hydroxylamine groups is 1. The van der Waals surface area contributed by atoms with Gasteiger partial charge >= 0.3 is 5.97 Å². The van der Waals surface area contributed by atoms with E-state index in [-0.39, 0.29) is 18.0 Å². The van der Waals surface area contributed by atoms with Crippen LogP contribution in [0.25, 0.3) is 6.08 Å². The third kappa shape index (κ3) is 8.18. The van der Waals surface area contributed by atoms with E-state index in [1.807, 2.05) is 26.0 Å². The lowest BCUT2D eigenvalue weighted by molar-refractivity contribution is -0.180. The number of carbonyl (C=O) groups excluding carboxylic acids is 2. The molecular formula is C26H39N3O5. The van der Waals surface area contributed by atoms with Gasteiger partial charge in [-0.3, -0.25) is 19.9 Å². The van der Waals surface area contributed by atoms with Crippen LogP contribution in [0.15, 0.2) is 24.4 Å². The summed E-state index contributed by atoms with van der Waals surface area (Å²) in [7, 11) is 0. The van der Waals surface area contributed by atoms with Crippen LogP contribution >= 0.6 is 0 Å². The van der Waals surface area contributed by atoms with Gasteiger partial charge in [-0.1, -0.05) is 32.8 Å². The number of pyridine rings is 1. The third-order valence-electron chi connectivity index (χ3n) is 6.30. The van der Waals surface area contributed by atoms with E-state index in [0.29, 0.717) is 19.1 Å². The first-order valence-corrected chi connectivity index (χ1v) is 12.5. The molecule has 1 aromatic rings. The highest BCUT2D eigenvalue weighted by atomic mass is 16.8. The zero-order valence-corrected chi connectivity index (χ0v) is 20.7. The van der Waals surface area contributed by atoms with E-state index in [9.17, 15) is 9.59 Å². The van der Waals surface area contributed by atoms with Crippen molar-refractivity contribution in [3.63, 3.8) is 0 Å². The SMILES string of the molecule is CC(C)COC(C)ONC(=O)C=Cc1ccc(CNC2(C(=O)OC3CCCC3)CCCC2)nc1. The van der Waals surface area contributed by atoms with Crippen molar-refractivity contribution in [3.8, 4) is 0 Å². The molecule has 0 aliphatic heterocycles. The van der Waals surface area contributed by atoms with Crippen molar-refractivity contribution < 1.29 is 23.9 Å². The normalized spacial score (nSPS) is 19.1. The molecule has 0 bridgehead atoms. The Morgan fingerprint density at radius 3 is 2.53 bits per heavy atom. The lowest BCUT2D eigenvalue weighted by Gasteiger charge is -2.29. The molecule has 1 heterocycles. The summed E-state index contributed by atoms with van der Waals surface area (Å²) in [6, 6.07) is 3.79. The van der Waals surface area contributed by atoms with Gasteiger partial charge in [0.1, 0.15) is 11.6 Å². The maximum absolute atomic E-state index is 12.9. The molecule has 0 radical (unpaired) electrons. The Bertz CT molecular complexity index is 812. The largest absolute Gasteiger partial charge is 0.461 e. The average Bonchev–Trinajstić information content (AvgIpc) is 3.52.